The Morgan fingerprint density at radius 2 is 1.92 bits per heavy atom. The second-order valence-electron chi connectivity index (χ2n) is 5.39. The number of methoxy groups -OCH3 is 1. The van der Waals surface area contributed by atoms with Crippen molar-refractivity contribution in [2.45, 2.75) is 13.3 Å². The van der Waals surface area contributed by atoms with Gasteiger partial charge in [0.2, 0.25) is 0 Å². The van der Waals surface area contributed by atoms with Crippen molar-refractivity contribution in [1.82, 2.24) is 0 Å². The molecule has 0 unspecified atom stereocenters. The Hall–Kier alpha value is -1.96. The third-order valence-electron chi connectivity index (χ3n) is 3.71. The number of halogens is 1. The summed E-state index contributed by atoms with van der Waals surface area (Å²) in [6.07, 6.45) is 0.948. The highest BCUT2D eigenvalue weighted by molar-refractivity contribution is 14.0. The number of nitrogens with zero attached hydrogens (tertiary/aromatic N) is 2. The fourth-order valence-electron chi connectivity index (χ4n) is 2.46. The summed E-state index contributed by atoms with van der Waals surface area (Å²) in [6.45, 7) is 4.78. The quantitative estimate of drug-likeness (QED) is 0.275. The van der Waals surface area contributed by atoms with E-state index in [0.29, 0.717) is 12.5 Å². The molecule has 0 aliphatic heterocycles. The van der Waals surface area contributed by atoms with Crippen molar-refractivity contribution >= 4 is 41.3 Å². The number of ether oxygens (including phenoxy) is 1. The Kier molecular flexibility index (Phi) is 9.76. The predicted molar refractivity (Wildman–Crippen MR) is 117 cm³/mol. The largest absolute Gasteiger partial charge is 0.497 e. The average Bonchev–Trinajstić information content (AvgIpc) is 2.62. The van der Waals surface area contributed by atoms with Crippen LogP contribution in [0.4, 0.5) is 11.4 Å². The summed E-state index contributed by atoms with van der Waals surface area (Å²) < 4.78 is 5.19. The number of aliphatic imine (C=N–C) groups is 1. The molecule has 0 radical (unpaired) electrons. The van der Waals surface area contributed by atoms with E-state index < -0.39 is 0 Å². The lowest BCUT2D eigenvalue weighted by Crippen LogP contribution is -2.26. The van der Waals surface area contributed by atoms with Crippen molar-refractivity contribution in [3.05, 3.63) is 54.6 Å². The molecule has 0 aliphatic rings. The van der Waals surface area contributed by atoms with Gasteiger partial charge in [-0.3, -0.25) is 4.99 Å². The van der Waals surface area contributed by atoms with E-state index in [9.17, 15) is 0 Å². The lowest BCUT2D eigenvalue weighted by Gasteiger charge is -2.22. The van der Waals surface area contributed by atoms with Gasteiger partial charge < -0.3 is 20.7 Å². The van der Waals surface area contributed by atoms with Crippen molar-refractivity contribution in [3.63, 3.8) is 0 Å². The highest BCUT2D eigenvalue weighted by atomic mass is 127. The van der Waals surface area contributed by atoms with E-state index in [-0.39, 0.29) is 24.0 Å². The molecule has 0 spiro atoms. The van der Waals surface area contributed by atoms with Gasteiger partial charge in [-0.25, -0.2) is 0 Å². The van der Waals surface area contributed by atoms with E-state index in [0.717, 1.165) is 30.9 Å². The van der Waals surface area contributed by atoms with Crippen LogP contribution in [0.5, 0.6) is 5.75 Å². The lowest BCUT2D eigenvalue weighted by atomic mass is 10.2. The molecule has 0 saturated carbocycles. The number of para-hydroxylation sites is 1. The van der Waals surface area contributed by atoms with Crippen LogP contribution in [0.2, 0.25) is 0 Å². The Bertz CT molecular complexity index is 649. The number of guanidine groups is 1. The topological polar surface area (TPSA) is 62.9 Å². The minimum absolute atomic E-state index is 0. The van der Waals surface area contributed by atoms with Crippen LogP contribution < -0.4 is 20.7 Å². The van der Waals surface area contributed by atoms with Crippen LogP contribution >= 0.6 is 24.0 Å². The Labute approximate surface area is 167 Å². The van der Waals surface area contributed by atoms with Gasteiger partial charge in [0.1, 0.15) is 5.75 Å². The molecule has 0 amide bonds. The van der Waals surface area contributed by atoms with E-state index in [1.807, 2.05) is 30.3 Å². The number of hydrogen-bond donors (Lipinski definition) is 2. The number of hydrogen-bond acceptors (Lipinski definition) is 3. The minimum Gasteiger partial charge on any atom is -0.497 e. The first-order chi connectivity index (χ1) is 11.7. The Balaban J connectivity index is 0.00000312. The van der Waals surface area contributed by atoms with Crippen molar-refractivity contribution in [3.8, 4) is 5.75 Å². The zero-order valence-electron chi connectivity index (χ0n) is 14.8. The molecule has 0 fully saturated rings. The molecule has 0 heterocycles. The molecule has 0 saturated heterocycles. The first-order valence-corrected chi connectivity index (χ1v) is 8.24. The third kappa shape index (κ3) is 7.21. The van der Waals surface area contributed by atoms with Crippen LogP contribution in [0.1, 0.15) is 13.3 Å². The summed E-state index contributed by atoms with van der Waals surface area (Å²) >= 11 is 0. The molecule has 136 valence electrons. The first-order valence-electron chi connectivity index (χ1n) is 8.24. The molecule has 25 heavy (non-hydrogen) atoms. The zero-order chi connectivity index (χ0) is 17.2. The Morgan fingerprint density at radius 3 is 2.60 bits per heavy atom. The standard InChI is InChI=1S/C19H26N4O.HI/c1-3-23(17-10-5-4-6-11-17)14-8-13-21-19(20)22-16-9-7-12-18(15-16)24-2;/h4-7,9-12,15H,3,8,13-14H2,1-2H3,(H3,20,21,22);1H. The van der Waals surface area contributed by atoms with Crippen molar-refractivity contribution < 1.29 is 4.74 Å². The normalized spacial score (nSPS) is 10.7. The molecule has 2 aromatic rings. The van der Waals surface area contributed by atoms with Gasteiger partial charge in [-0.1, -0.05) is 24.3 Å². The summed E-state index contributed by atoms with van der Waals surface area (Å²) in [7, 11) is 1.64. The first kappa shape index (κ1) is 21.1. The third-order valence-corrected chi connectivity index (χ3v) is 3.71. The maximum atomic E-state index is 5.94. The van der Waals surface area contributed by atoms with Crippen LogP contribution in [0, 0.1) is 0 Å². The van der Waals surface area contributed by atoms with Crippen LogP contribution in [0.25, 0.3) is 0 Å². The highest BCUT2D eigenvalue weighted by Gasteiger charge is 2.03. The minimum atomic E-state index is 0. The summed E-state index contributed by atoms with van der Waals surface area (Å²) in [5.74, 6) is 1.21. The number of anilines is 2. The van der Waals surface area contributed by atoms with Crippen molar-refractivity contribution in [2.75, 3.05) is 37.0 Å². The zero-order valence-corrected chi connectivity index (χ0v) is 17.1. The average molecular weight is 454 g/mol. The van der Waals surface area contributed by atoms with Gasteiger partial charge in [-0.05, 0) is 37.6 Å². The van der Waals surface area contributed by atoms with E-state index in [4.69, 9.17) is 10.5 Å². The summed E-state index contributed by atoms with van der Waals surface area (Å²) in [6, 6.07) is 18.0. The number of nitrogens with two attached hydrogens (primary N) is 1. The second-order valence-corrected chi connectivity index (χ2v) is 5.39. The maximum absolute atomic E-state index is 5.94. The van der Waals surface area contributed by atoms with E-state index in [1.54, 1.807) is 7.11 Å². The van der Waals surface area contributed by atoms with E-state index in [1.165, 1.54) is 5.69 Å². The number of benzene rings is 2. The predicted octanol–water partition coefficient (Wildman–Crippen LogP) is 3.96. The molecule has 2 rings (SSSR count). The van der Waals surface area contributed by atoms with E-state index in [2.05, 4.69) is 46.4 Å². The maximum Gasteiger partial charge on any atom is 0.193 e. The highest BCUT2D eigenvalue weighted by Crippen LogP contribution is 2.16. The van der Waals surface area contributed by atoms with Crippen molar-refractivity contribution in [2.24, 2.45) is 10.7 Å². The van der Waals surface area contributed by atoms with Crippen molar-refractivity contribution in [1.29, 1.82) is 0 Å². The number of nitrogens with one attached hydrogen (secondary N) is 1. The smallest absolute Gasteiger partial charge is 0.193 e. The van der Waals surface area contributed by atoms with Crippen LogP contribution in [-0.4, -0.2) is 32.7 Å². The van der Waals surface area contributed by atoms with Crippen LogP contribution in [0.3, 0.4) is 0 Å². The molecular weight excluding hydrogens is 427 g/mol. The summed E-state index contributed by atoms with van der Waals surface area (Å²) in [4.78, 5) is 6.73. The van der Waals surface area contributed by atoms with Gasteiger partial charge in [0.15, 0.2) is 5.96 Å². The van der Waals surface area contributed by atoms with Gasteiger partial charge >= 0.3 is 0 Å². The molecule has 5 nitrogen and oxygen atoms in total. The van der Waals surface area contributed by atoms with Crippen LogP contribution in [-0.2, 0) is 0 Å². The molecule has 0 bridgehead atoms. The number of rotatable bonds is 8. The molecule has 0 aromatic heterocycles. The molecular formula is C19H27IN4O. The summed E-state index contributed by atoms with van der Waals surface area (Å²) in [5.41, 5.74) is 8.05. The molecule has 6 heteroatoms. The molecule has 3 N–H and O–H groups in total. The fraction of sp³-hybridized carbons (Fsp3) is 0.316. The van der Waals surface area contributed by atoms with Gasteiger partial charge in [0.05, 0.1) is 7.11 Å². The molecule has 0 aliphatic carbocycles. The SMILES string of the molecule is CCN(CCCN=C(N)Nc1cccc(OC)c1)c1ccccc1.I. The lowest BCUT2D eigenvalue weighted by molar-refractivity contribution is 0.415. The van der Waals surface area contributed by atoms with Crippen LogP contribution in [0.15, 0.2) is 59.6 Å². The van der Waals surface area contributed by atoms with E-state index >= 15 is 0 Å². The molecule has 0 atom stereocenters. The fourth-order valence-corrected chi connectivity index (χ4v) is 2.46. The second kappa shape index (κ2) is 11.6. The van der Waals surface area contributed by atoms with Gasteiger partial charge in [-0.15, -0.1) is 24.0 Å². The summed E-state index contributed by atoms with van der Waals surface area (Å²) in [5, 5.41) is 3.08. The molecule has 2 aromatic carbocycles. The monoisotopic (exact) mass is 454 g/mol. The van der Waals surface area contributed by atoms with Gasteiger partial charge in [0, 0.05) is 37.1 Å². The van der Waals surface area contributed by atoms with Gasteiger partial charge in [0.25, 0.3) is 0 Å². The van der Waals surface area contributed by atoms with Gasteiger partial charge in [-0.2, -0.15) is 0 Å². The Morgan fingerprint density at radius 1 is 1.16 bits per heavy atom.